The van der Waals surface area contributed by atoms with Gasteiger partial charge in [-0.3, -0.25) is 0 Å². The summed E-state index contributed by atoms with van der Waals surface area (Å²) in [4.78, 5) is 2.51. The fourth-order valence-corrected chi connectivity index (χ4v) is 11.5. The van der Waals surface area contributed by atoms with Crippen LogP contribution in [0.5, 0.6) is 0 Å². The maximum absolute atomic E-state index is 2.51. The molecule has 0 radical (unpaired) electrons. The van der Waals surface area contributed by atoms with Crippen LogP contribution < -0.4 is 4.90 Å². The highest BCUT2D eigenvalue weighted by Crippen LogP contribution is 2.54. The van der Waals surface area contributed by atoms with E-state index >= 15 is 0 Å². The average Bonchev–Trinajstić information content (AvgIpc) is 3.69. The van der Waals surface area contributed by atoms with Gasteiger partial charge in [0.05, 0.1) is 11.4 Å². The third-order valence-electron chi connectivity index (χ3n) is 14.7. The molecule has 69 heavy (non-hydrogen) atoms. The zero-order valence-electron chi connectivity index (χ0n) is 38.4. The Morgan fingerprint density at radius 1 is 0.290 bits per heavy atom. The highest BCUT2D eigenvalue weighted by molar-refractivity contribution is 6.13. The van der Waals surface area contributed by atoms with Crippen LogP contribution in [0.4, 0.5) is 17.1 Å². The highest BCUT2D eigenvalue weighted by Gasteiger charge is 2.41. The van der Waals surface area contributed by atoms with Crippen molar-refractivity contribution in [2.75, 3.05) is 4.90 Å². The van der Waals surface area contributed by atoms with Crippen LogP contribution in [0.3, 0.4) is 0 Å². The predicted molar refractivity (Wildman–Crippen MR) is 293 cm³/mol. The Hall–Kier alpha value is -8.78. The fraction of sp³-hybridized carbons (Fsp3) is 0.0294. The molecule has 0 saturated carbocycles. The van der Waals surface area contributed by atoms with Crippen LogP contribution >= 0.6 is 0 Å². The Labute approximate surface area is 403 Å². The van der Waals surface area contributed by atoms with Crippen molar-refractivity contribution in [2.24, 2.45) is 0 Å². The van der Waals surface area contributed by atoms with Gasteiger partial charge in [-0.15, -0.1) is 0 Å². The summed E-state index contributed by atoms with van der Waals surface area (Å²) in [5, 5.41) is 7.46. The number of benzene rings is 12. The summed E-state index contributed by atoms with van der Waals surface area (Å²) in [5.74, 6) is 0. The van der Waals surface area contributed by atoms with Gasteiger partial charge in [0, 0.05) is 22.2 Å². The van der Waals surface area contributed by atoms with Crippen molar-refractivity contribution in [3.63, 3.8) is 0 Å². The number of fused-ring (bicyclic) bond motifs is 7. The predicted octanol–water partition coefficient (Wildman–Crippen LogP) is 18.6. The van der Waals surface area contributed by atoms with Crippen LogP contribution in [0.15, 0.2) is 267 Å². The van der Waals surface area contributed by atoms with Crippen molar-refractivity contribution < 1.29 is 0 Å². The van der Waals surface area contributed by atoms with E-state index in [1.165, 1.54) is 93.5 Å². The van der Waals surface area contributed by atoms with Crippen LogP contribution in [0.25, 0.3) is 88.0 Å². The van der Waals surface area contributed by atoms with E-state index in [9.17, 15) is 0 Å². The first kappa shape index (κ1) is 40.5. The molecular weight excluding hydrogens is 831 g/mol. The number of hydrogen-bond acceptors (Lipinski definition) is 1. The molecule has 1 atom stereocenters. The van der Waals surface area contributed by atoms with Gasteiger partial charge in [-0.1, -0.05) is 237 Å². The van der Waals surface area contributed by atoms with E-state index in [0.717, 1.165) is 28.2 Å². The van der Waals surface area contributed by atoms with Crippen LogP contribution in [-0.4, -0.2) is 0 Å². The number of nitrogens with zero attached hydrogens (tertiary/aromatic N) is 1. The lowest BCUT2D eigenvalue weighted by Gasteiger charge is -2.31. The van der Waals surface area contributed by atoms with Crippen molar-refractivity contribution in [3.8, 4) is 55.6 Å². The number of anilines is 3. The molecular formula is C68H47N. The van der Waals surface area contributed by atoms with Gasteiger partial charge in [0.25, 0.3) is 0 Å². The summed E-state index contributed by atoms with van der Waals surface area (Å²) in [6.07, 6.45) is 0. The lowest BCUT2D eigenvalue weighted by molar-refractivity contribution is 0.714. The molecule has 1 heteroatoms. The molecule has 13 rings (SSSR count). The normalized spacial score (nSPS) is 13.9. The number of rotatable bonds is 8. The van der Waals surface area contributed by atoms with Crippen LogP contribution in [0.1, 0.15) is 23.6 Å². The second-order valence-corrected chi connectivity index (χ2v) is 18.5. The third kappa shape index (κ3) is 6.61. The minimum Gasteiger partial charge on any atom is -0.309 e. The first-order chi connectivity index (χ1) is 34.1. The standard InChI is InChI=1S/C68H47N/c1-68(51-26-6-3-7-27-51)63-37-13-10-31-59(63)60-43-41-50(45-64(60)68)55-30-11-14-38-65(55)69(52-28-16-25-49(44-52)54-33-19-35-57-53-29-9-8-22-47(53)40-42-58(54)57)66-39-15-12-32-61(66)62-36-18-24-48-23-17-34-56(67(48)62)46-20-4-2-5-21-46/h2-45H,1H3. The molecule has 0 bridgehead atoms. The molecule has 12 aromatic carbocycles. The summed E-state index contributed by atoms with van der Waals surface area (Å²) in [5.41, 5.74) is 19.0. The lowest BCUT2D eigenvalue weighted by Crippen LogP contribution is -2.22. The zero-order chi connectivity index (χ0) is 45.9. The fourth-order valence-electron chi connectivity index (χ4n) is 11.5. The molecule has 0 aliphatic heterocycles. The Morgan fingerprint density at radius 3 is 1.67 bits per heavy atom. The van der Waals surface area contributed by atoms with Gasteiger partial charge < -0.3 is 4.90 Å². The summed E-state index contributed by atoms with van der Waals surface area (Å²) in [6, 6.07) is 98.5. The Balaban J connectivity index is 1.05. The highest BCUT2D eigenvalue weighted by atomic mass is 15.1. The number of hydrogen-bond donors (Lipinski definition) is 0. The minimum absolute atomic E-state index is 0.326. The van der Waals surface area contributed by atoms with Gasteiger partial charge in [0.2, 0.25) is 0 Å². The molecule has 324 valence electrons. The molecule has 0 aromatic heterocycles. The van der Waals surface area contributed by atoms with E-state index < -0.39 is 0 Å². The van der Waals surface area contributed by atoms with Gasteiger partial charge in [0.1, 0.15) is 0 Å². The van der Waals surface area contributed by atoms with Crippen LogP contribution in [0, 0.1) is 0 Å². The smallest absolute Gasteiger partial charge is 0.0540 e. The van der Waals surface area contributed by atoms with E-state index in [1.807, 2.05) is 0 Å². The number of para-hydroxylation sites is 2. The molecule has 12 aromatic rings. The van der Waals surface area contributed by atoms with Crippen LogP contribution in [-0.2, 0) is 5.41 Å². The Kier molecular flexibility index (Phi) is 9.70. The van der Waals surface area contributed by atoms with Gasteiger partial charge in [-0.2, -0.15) is 0 Å². The molecule has 1 aliphatic rings. The molecule has 0 amide bonds. The Morgan fingerprint density at radius 2 is 0.841 bits per heavy atom. The van der Waals surface area contributed by atoms with Crippen molar-refractivity contribution in [1.29, 1.82) is 0 Å². The molecule has 1 unspecified atom stereocenters. The van der Waals surface area contributed by atoms with Crippen molar-refractivity contribution >= 4 is 49.4 Å². The van der Waals surface area contributed by atoms with Crippen molar-refractivity contribution in [3.05, 3.63) is 284 Å². The second kappa shape index (κ2) is 16.5. The second-order valence-electron chi connectivity index (χ2n) is 18.5. The minimum atomic E-state index is -0.326. The Bertz CT molecular complexity index is 3920. The van der Waals surface area contributed by atoms with Crippen molar-refractivity contribution in [2.45, 2.75) is 12.3 Å². The summed E-state index contributed by atoms with van der Waals surface area (Å²) >= 11 is 0. The summed E-state index contributed by atoms with van der Waals surface area (Å²) in [7, 11) is 0. The molecule has 1 nitrogen and oxygen atoms in total. The van der Waals surface area contributed by atoms with Gasteiger partial charge >= 0.3 is 0 Å². The van der Waals surface area contributed by atoms with Crippen molar-refractivity contribution in [1.82, 2.24) is 0 Å². The molecule has 0 heterocycles. The van der Waals surface area contributed by atoms with Gasteiger partial charge in [0.15, 0.2) is 0 Å². The molecule has 0 spiro atoms. The van der Waals surface area contributed by atoms with E-state index in [1.54, 1.807) is 0 Å². The maximum atomic E-state index is 2.51. The van der Waals surface area contributed by atoms with E-state index in [-0.39, 0.29) is 5.41 Å². The summed E-state index contributed by atoms with van der Waals surface area (Å²) in [6.45, 7) is 2.40. The van der Waals surface area contributed by atoms with E-state index in [0.29, 0.717) is 0 Å². The topological polar surface area (TPSA) is 3.24 Å². The monoisotopic (exact) mass is 877 g/mol. The maximum Gasteiger partial charge on any atom is 0.0540 e. The van der Waals surface area contributed by atoms with Gasteiger partial charge in [-0.25, -0.2) is 0 Å². The molecule has 0 saturated heterocycles. The molecule has 1 aliphatic carbocycles. The zero-order valence-corrected chi connectivity index (χ0v) is 38.4. The lowest BCUT2D eigenvalue weighted by atomic mass is 9.74. The largest absolute Gasteiger partial charge is 0.309 e. The van der Waals surface area contributed by atoms with E-state index in [4.69, 9.17) is 0 Å². The first-order valence-electron chi connectivity index (χ1n) is 24.0. The van der Waals surface area contributed by atoms with E-state index in [2.05, 4.69) is 279 Å². The summed E-state index contributed by atoms with van der Waals surface area (Å²) < 4.78 is 0. The quantitative estimate of drug-likeness (QED) is 0.138. The molecule has 0 fully saturated rings. The molecule has 0 N–H and O–H groups in total. The van der Waals surface area contributed by atoms with Crippen LogP contribution in [0.2, 0.25) is 0 Å². The van der Waals surface area contributed by atoms with Gasteiger partial charge in [-0.05, 0) is 131 Å². The third-order valence-corrected chi connectivity index (χ3v) is 14.7. The average molecular weight is 878 g/mol. The SMILES string of the molecule is CC1(c2ccccc2)c2ccccc2-c2ccc(-c3ccccc3N(c3cccc(-c4cccc5c4ccc4ccccc45)c3)c3ccccc3-c3cccc4cccc(-c5ccccc5)c34)cc21. The first-order valence-corrected chi connectivity index (χ1v) is 24.0.